The van der Waals surface area contributed by atoms with Crippen LogP contribution < -0.4 is 0 Å². The first kappa shape index (κ1) is 14.5. The summed E-state index contributed by atoms with van der Waals surface area (Å²) in [7, 11) is 1.49. The fourth-order valence-electron chi connectivity index (χ4n) is 2.07. The predicted molar refractivity (Wildman–Crippen MR) is 80.8 cm³/mol. The molecular formula is C16H15ClFNO. The third-order valence-electron chi connectivity index (χ3n) is 3.10. The maximum atomic E-state index is 13.4. The minimum Gasteiger partial charge on any atom is -0.399 e. The van der Waals surface area contributed by atoms with Crippen LogP contribution in [0, 0.1) is 12.7 Å². The summed E-state index contributed by atoms with van der Waals surface area (Å²) in [5, 5.41) is 4.42. The van der Waals surface area contributed by atoms with E-state index in [9.17, 15) is 4.39 Å². The lowest BCUT2D eigenvalue weighted by molar-refractivity contribution is 0.213. The van der Waals surface area contributed by atoms with Crippen LogP contribution in [-0.2, 0) is 4.84 Å². The molecule has 0 spiro atoms. The third kappa shape index (κ3) is 2.99. The normalized spacial score (nSPS) is 11.6. The van der Waals surface area contributed by atoms with Gasteiger partial charge in [0.15, 0.2) is 0 Å². The van der Waals surface area contributed by atoms with Crippen molar-refractivity contribution in [2.24, 2.45) is 5.16 Å². The highest BCUT2D eigenvalue weighted by Gasteiger charge is 2.09. The molecule has 0 aliphatic heterocycles. The Bertz CT molecular complexity index is 668. The number of halogens is 2. The topological polar surface area (TPSA) is 21.6 Å². The van der Waals surface area contributed by atoms with E-state index >= 15 is 0 Å². The fourth-order valence-corrected chi connectivity index (χ4v) is 2.38. The molecule has 0 radical (unpaired) electrons. The zero-order valence-electron chi connectivity index (χ0n) is 11.6. The van der Waals surface area contributed by atoms with Crippen molar-refractivity contribution in [3.63, 3.8) is 0 Å². The summed E-state index contributed by atoms with van der Waals surface area (Å²) in [6, 6.07) is 10.3. The van der Waals surface area contributed by atoms with Gasteiger partial charge in [-0.1, -0.05) is 35.0 Å². The van der Waals surface area contributed by atoms with Crippen molar-refractivity contribution in [2.75, 3.05) is 7.11 Å². The molecule has 0 saturated carbocycles. The summed E-state index contributed by atoms with van der Waals surface area (Å²) < 4.78 is 13.4. The molecule has 2 rings (SSSR count). The van der Waals surface area contributed by atoms with E-state index in [2.05, 4.69) is 5.16 Å². The molecule has 20 heavy (non-hydrogen) atoms. The highest BCUT2D eigenvalue weighted by molar-refractivity contribution is 6.34. The van der Waals surface area contributed by atoms with Crippen molar-refractivity contribution in [1.82, 2.24) is 0 Å². The van der Waals surface area contributed by atoms with Crippen molar-refractivity contribution in [1.29, 1.82) is 0 Å². The van der Waals surface area contributed by atoms with Crippen LogP contribution in [0.2, 0.25) is 5.02 Å². The second-order valence-corrected chi connectivity index (χ2v) is 4.92. The van der Waals surface area contributed by atoms with Gasteiger partial charge in [0.25, 0.3) is 0 Å². The number of benzene rings is 2. The number of hydrogen-bond donors (Lipinski definition) is 0. The molecule has 2 aromatic carbocycles. The van der Waals surface area contributed by atoms with Gasteiger partial charge >= 0.3 is 0 Å². The quantitative estimate of drug-likeness (QED) is 0.586. The van der Waals surface area contributed by atoms with Crippen molar-refractivity contribution in [3.05, 3.63) is 58.4 Å². The molecule has 2 aromatic rings. The molecule has 2 nitrogen and oxygen atoms in total. The summed E-state index contributed by atoms with van der Waals surface area (Å²) in [6.07, 6.45) is 0. The van der Waals surface area contributed by atoms with E-state index < -0.39 is 0 Å². The SMILES string of the molecule is CON=C(C)c1ccc(-c2cc(F)ccc2C)cc1Cl. The van der Waals surface area contributed by atoms with Gasteiger partial charge in [-0.15, -0.1) is 0 Å². The van der Waals surface area contributed by atoms with Gasteiger partial charge in [-0.25, -0.2) is 4.39 Å². The molecule has 0 amide bonds. The Labute approximate surface area is 122 Å². The monoisotopic (exact) mass is 291 g/mol. The Hall–Kier alpha value is -1.87. The standard InChI is InChI=1S/C16H15ClFNO/c1-10-4-6-13(18)9-15(10)12-5-7-14(16(17)8-12)11(2)19-20-3/h4-9H,1-3H3. The van der Waals surface area contributed by atoms with Crippen LogP contribution in [-0.4, -0.2) is 12.8 Å². The highest BCUT2D eigenvalue weighted by Crippen LogP contribution is 2.29. The van der Waals surface area contributed by atoms with Gasteiger partial charge in [0, 0.05) is 5.56 Å². The van der Waals surface area contributed by atoms with Gasteiger partial charge in [0.05, 0.1) is 10.7 Å². The van der Waals surface area contributed by atoms with Gasteiger partial charge in [-0.05, 0) is 48.7 Å². The van der Waals surface area contributed by atoms with E-state index in [1.54, 1.807) is 6.07 Å². The van der Waals surface area contributed by atoms with Crippen LogP contribution in [0.3, 0.4) is 0 Å². The lowest BCUT2D eigenvalue weighted by Gasteiger charge is -2.09. The average Bonchev–Trinajstić information content (AvgIpc) is 2.41. The Balaban J connectivity index is 2.48. The van der Waals surface area contributed by atoms with E-state index in [0.29, 0.717) is 10.7 Å². The van der Waals surface area contributed by atoms with Crippen LogP contribution in [0.1, 0.15) is 18.1 Å². The molecule has 0 N–H and O–H groups in total. The van der Waals surface area contributed by atoms with Crippen LogP contribution in [0.15, 0.2) is 41.6 Å². The fraction of sp³-hybridized carbons (Fsp3) is 0.188. The number of nitrogens with zero attached hydrogens (tertiary/aromatic N) is 1. The van der Waals surface area contributed by atoms with Crippen LogP contribution >= 0.6 is 11.6 Å². The Kier molecular flexibility index (Phi) is 4.40. The second-order valence-electron chi connectivity index (χ2n) is 4.51. The van der Waals surface area contributed by atoms with Gasteiger partial charge in [-0.2, -0.15) is 0 Å². The zero-order chi connectivity index (χ0) is 14.7. The summed E-state index contributed by atoms with van der Waals surface area (Å²) >= 11 is 6.27. The van der Waals surface area contributed by atoms with E-state index in [1.807, 2.05) is 32.0 Å². The summed E-state index contributed by atoms with van der Waals surface area (Å²) in [4.78, 5) is 4.74. The molecule has 0 aliphatic rings. The van der Waals surface area contributed by atoms with Gasteiger partial charge in [-0.3, -0.25) is 0 Å². The van der Waals surface area contributed by atoms with E-state index in [-0.39, 0.29) is 5.82 Å². The van der Waals surface area contributed by atoms with Crippen LogP contribution in [0.5, 0.6) is 0 Å². The number of rotatable bonds is 3. The predicted octanol–water partition coefficient (Wildman–Crippen LogP) is 4.82. The summed E-state index contributed by atoms with van der Waals surface area (Å²) in [5.41, 5.74) is 4.20. The lowest BCUT2D eigenvalue weighted by atomic mass is 9.98. The van der Waals surface area contributed by atoms with Crippen molar-refractivity contribution in [3.8, 4) is 11.1 Å². The molecule has 0 unspecified atom stereocenters. The van der Waals surface area contributed by atoms with Crippen molar-refractivity contribution < 1.29 is 9.23 Å². The average molecular weight is 292 g/mol. The van der Waals surface area contributed by atoms with Gasteiger partial charge in [0.2, 0.25) is 0 Å². The highest BCUT2D eigenvalue weighted by atomic mass is 35.5. The summed E-state index contributed by atoms with van der Waals surface area (Å²) in [6.45, 7) is 3.76. The minimum atomic E-state index is -0.261. The molecule has 0 bridgehead atoms. The molecule has 104 valence electrons. The number of oxime groups is 1. The largest absolute Gasteiger partial charge is 0.399 e. The van der Waals surface area contributed by atoms with Gasteiger partial charge in [0.1, 0.15) is 12.9 Å². The zero-order valence-corrected chi connectivity index (χ0v) is 12.3. The molecule has 0 aromatic heterocycles. The second kappa shape index (κ2) is 6.06. The molecule has 0 aliphatic carbocycles. The first-order valence-electron chi connectivity index (χ1n) is 6.17. The van der Waals surface area contributed by atoms with E-state index in [0.717, 1.165) is 22.3 Å². The van der Waals surface area contributed by atoms with E-state index in [4.69, 9.17) is 16.4 Å². The minimum absolute atomic E-state index is 0.261. The maximum absolute atomic E-state index is 13.4. The smallest absolute Gasteiger partial charge is 0.123 e. The van der Waals surface area contributed by atoms with Crippen molar-refractivity contribution >= 4 is 17.3 Å². The van der Waals surface area contributed by atoms with Crippen molar-refractivity contribution in [2.45, 2.75) is 13.8 Å². The first-order valence-corrected chi connectivity index (χ1v) is 6.55. The third-order valence-corrected chi connectivity index (χ3v) is 3.41. The molecule has 0 saturated heterocycles. The van der Waals surface area contributed by atoms with Gasteiger partial charge < -0.3 is 4.84 Å². The molecule has 0 heterocycles. The van der Waals surface area contributed by atoms with E-state index in [1.165, 1.54) is 19.2 Å². The molecular weight excluding hydrogens is 277 g/mol. The molecule has 0 atom stereocenters. The Morgan fingerprint density at radius 3 is 2.60 bits per heavy atom. The Morgan fingerprint density at radius 1 is 1.20 bits per heavy atom. The number of aryl methyl sites for hydroxylation is 1. The Morgan fingerprint density at radius 2 is 1.95 bits per heavy atom. The molecule has 4 heteroatoms. The maximum Gasteiger partial charge on any atom is 0.123 e. The molecule has 0 fully saturated rings. The summed E-state index contributed by atoms with van der Waals surface area (Å²) in [5.74, 6) is -0.261. The van der Waals surface area contributed by atoms with Crippen LogP contribution in [0.25, 0.3) is 11.1 Å². The first-order chi connectivity index (χ1) is 9.52. The number of hydrogen-bond acceptors (Lipinski definition) is 2. The van der Waals surface area contributed by atoms with Crippen LogP contribution in [0.4, 0.5) is 4.39 Å². The lowest BCUT2D eigenvalue weighted by Crippen LogP contribution is -1.97.